The van der Waals surface area contributed by atoms with Crippen molar-refractivity contribution in [1.29, 1.82) is 0 Å². The van der Waals surface area contributed by atoms with Crippen LogP contribution < -0.4 is 0 Å². The van der Waals surface area contributed by atoms with Gasteiger partial charge in [-0.2, -0.15) is 0 Å². The van der Waals surface area contributed by atoms with Gasteiger partial charge in [-0.05, 0) is 11.1 Å². The van der Waals surface area contributed by atoms with Gasteiger partial charge in [0, 0.05) is 27.1 Å². The van der Waals surface area contributed by atoms with Crippen LogP contribution in [0.4, 0.5) is 0 Å². The minimum atomic E-state index is 0.204. The van der Waals surface area contributed by atoms with Gasteiger partial charge in [-0.15, -0.1) is 0 Å². The first-order valence-electron chi connectivity index (χ1n) is 4.97. The van der Waals surface area contributed by atoms with Crippen LogP contribution in [0.2, 0.25) is 0 Å². The zero-order chi connectivity index (χ0) is 9.97. The largest absolute Gasteiger partial charge is 0.378 e. The van der Waals surface area contributed by atoms with Crippen LogP contribution in [0.5, 0.6) is 0 Å². The zero-order valence-electron chi connectivity index (χ0n) is 8.69. The van der Waals surface area contributed by atoms with E-state index in [4.69, 9.17) is 9.47 Å². The lowest BCUT2D eigenvalue weighted by Crippen LogP contribution is -2.37. The fraction of sp³-hybridized carbons (Fsp3) is 0.500. The van der Waals surface area contributed by atoms with Gasteiger partial charge in [-0.3, -0.25) is 0 Å². The molecule has 1 aliphatic carbocycles. The first-order chi connectivity index (χ1) is 6.85. The van der Waals surface area contributed by atoms with Crippen molar-refractivity contribution in [2.24, 2.45) is 0 Å². The quantitative estimate of drug-likeness (QED) is 0.711. The highest BCUT2D eigenvalue weighted by atomic mass is 16.5. The second-order valence-electron chi connectivity index (χ2n) is 3.73. The summed E-state index contributed by atoms with van der Waals surface area (Å²) in [4.78, 5) is 0. The predicted octanol–water partition coefficient (Wildman–Crippen LogP) is 1.82. The second kappa shape index (κ2) is 4.11. The van der Waals surface area contributed by atoms with Crippen molar-refractivity contribution in [2.75, 3.05) is 14.2 Å². The summed E-state index contributed by atoms with van der Waals surface area (Å²) in [7, 11) is 3.51. The summed E-state index contributed by atoms with van der Waals surface area (Å²) in [5.41, 5.74) is 2.79. The van der Waals surface area contributed by atoms with Crippen molar-refractivity contribution in [3.63, 3.8) is 0 Å². The lowest BCUT2D eigenvalue weighted by molar-refractivity contribution is -0.0398. The third-order valence-electron chi connectivity index (χ3n) is 2.98. The number of hydrogen-bond donors (Lipinski definition) is 0. The summed E-state index contributed by atoms with van der Waals surface area (Å²) < 4.78 is 10.9. The Morgan fingerprint density at radius 3 is 1.71 bits per heavy atom. The molecule has 1 aliphatic rings. The number of fused-ring (bicyclic) bond motifs is 1. The van der Waals surface area contributed by atoms with Crippen molar-refractivity contribution in [1.82, 2.24) is 0 Å². The third-order valence-corrected chi connectivity index (χ3v) is 2.98. The second-order valence-corrected chi connectivity index (χ2v) is 3.73. The van der Waals surface area contributed by atoms with Crippen molar-refractivity contribution in [2.45, 2.75) is 25.0 Å². The highest BCUT2D eigenvalue weighted by Crippen LogP contribution is 2.24. The van der Waals surface area contributed by atoms with Gasteiger partial charge in [0.25, 0.3) is 0 Å². The van der Waals surface area contributed by atoms with Crippen LogP contribution in [0.1, 0.15) is 11.1 Å². The molecule has 14 heavy (non-hydrogen) atoms. The van der Waals surface area contributed by atoms with E-state index < -0.39 is 0 Å². The fourth-order valence-corrected chi connectivity index (χ4v) is 2.12. The highest BCUT2D eigenvalue weighted by Gasteiger charge is 2.27. The topological polar surface area (TPSA) is 18.5 Å². The minimum Gasteiger partial charge on any atom is -0.378 e. The molecule has 0 aromatic heterocycles. The Morgan fingerprint density at radius 1 is 0.929 bits per heavy atom. The van der Waals surface area contributed by atoms with Crippen molar-refractivity contribution >= 4 is 0 Å². The molecule has 76 valence electrons. The molecule has 0 aliphatic heterocycles. The van der Waals surface area contributed by atoms with Gasteiger partial charge in [0.1, 0.15) is 0 Å². The van der Waals surface area contributed by atoms with Crippen LogP contribution in [0, 0.1) is 0 Å². The SMILES string of the molecule is CO[C@H]1Cc2ccccc2C[C@H]1OC. The maximum atomic E-state index is 5.43. The Balaban J connectivity index is 2.25. The molecule has 0 amide bonds. The molecule has 0 saturated heterocycles. The van der Waals surface area contributed by atoms with Crippen molar-refractivity contribution in [3.8, 4) is 0 Å². The van der Waals surface area contributed by atoms with E-state index in [1.165, 1.54) is 11.1 Å². The Labute approximate surface area is 84.8 Å². The van der Waals surface area contributed by atoms with Crippen LogP contribution in [0.15, 0.2) is 24.3 Å². The minimum absolute atomic E-state index is 0.204. The molecule has 0 radical (unpaired) electrons. The zero-order valence-corrected chi connectivity index (χ0v) is 8.69. The highest BCUT2D eigenvalue weighted by molar-refractivity contribution is 5.31. The van der Waals surface area contributed by atoms with E-state index in [1.54, 1.807) is 14.2 Å². The van der Waals surface area contributed by atoms with Crippen molar-refractivity contribution < 1.29 is 9.47 Å². The van der Waals surface area contributed by atoms with Crippen molar-refractivity contribution in [3.05, 3.63) is 35.4 Å². The third kappa shape index (κ3) is 1.68. The van der Waals surface area contributed by atoms with Gasteiger partial charge in [0.15, 0.2) is 0 Å². The van der Waals surface area contributed by atoms with E-state index in [9.17, 15) is 0 Å². The molecule has 0 saturated carbocycles. The summed E-state index contributed by atoms with van der Waals surface area (Å²) in [5.74, 6) is 0. The molecule has 1 aromatic rings. The molecule has 0 spiro atoms. The summed E-state index contributed by atoms with van der Waals surface area (Å²) in [6, 6.07) is 8.51. The maximum Gasteiger partial charge on any atom is 0.0876 e. The van der Waals surface area contributed by atoms with E-state index in [0.717, 1.165) is 12.8 Å². The first kappa shape index (κ1) is 9.69. The molecule has 0 bridgehead atoms. The summed E-state index contributed by atoms with van der Waals surface area (Å²) >= 11 is 0. The fourth-order valence-electron chi connectivity index (χ4n) is 2.12. The van der Waals surface area contributed by atoms with E-state index in [0.29, 0.717) is 0 Å². The molecule has 2 nitrogen and oxygen atoms in total. The van der Waals surface area contributed by atoms with Gasteiger partial charge >= 0.3 is 0 Å². The van der Waals surface area contributed by atoms with Gasteiger partial charge in [-0.1, -0.05) is 24.3 Å². The molecule has 0 heterocycles. The number of rotatable bonds is 2. The average Bonchev–Trinajstić information content (AvgIpc) is 2.27. The van der Waals surface area contributed by atoms with E-state index in [1.807, 2.05) is 0 Å². The molecule has 1 aromatic carbocycles. The monoisotopic (exact) mass is 192 g/mol. The lowest BCUT2D eigenvalue weighted by Gasteiger charge is -2.30. The number of hydrogen-bond acceptors (Lipinski definition) is 2. The molecular weight excluding hydrogens is 176 g/mol. The lowest BCUT2D eigenvalue weighted by atomic mass is 9.88. The summed E-state index contributed by atoms with van der Waals surface area (Å²) in [5, 5.41) is 0. The molecule has 0 N–H and O–H groups in total. The smallest absolute Gasteiger partial charge is 0.0876 e. The van der Waals surface area contributed by atoms with E-state index >= 15 is 0 Å². The Kier molecular flexibility index (Phi) is 2.85. The Morgan fingerprint density at radius 2 is 1.36 bits per heavy atom. The molecule has 2 atom stereocenters. The number of methoxy groups -OCH3 is 2. The Bertz CT molecular complexity index is 278. The normalized spacial score (nSPS) is 25.9. The van der Waals surface area contributed by atoms with E-state index in [2.05, 4.69) is 24.3 Å². The van der Waals surface area contributed by atoms with E-state index in [-0.39, 0.29) is 12.2 Å². The number of ether oxygens (including phenoxy) is 2. The van der Waals surface area contributed by atoms with Crippen LogP contribution in [0.3, 0.4) is 0 Å². The molecule has 0 unspecified atom stereocenters. The standard InChI is InChI=1S/C12H16O2/c1-13-11-7-9-5-3-4-6-10(9)8-12(11)14-2/h3-6,11-12H,7-8H2,1-2H3/t11-,12+. The molecule has 2 heteroatoms. The van der Waals surface area contributed by atoms with Crippen LogP contribution >= 0.6 is 0 Å². The van der Waals surface area contributed by atoms with Gasteiger partial charge in [0.05, 0.1) is 12.2 Å². The summed E-state index contributed by atoms with van der Waals surface area (Å²) in [6.07, 6.45) is 2.33. The average molecular weight is 192 g/mol. The Hall–Kier alpha value is -0.860. The predicted molar refractivity (Wildman–Crippen MR) is 55.4 cm³/mol. The maximum absolute atomic E-state index is 5.43. The van der Waals surface area contributed by atoms with Crippen LogP contribution in [-0.2, 0) is 22.3 Å². The molecular formula is C12H16O2. The summed E-state index contributed by atoms with van der Waals surface area (Å²) in [6.45, 7) is 0. The van der Waals surface area contributed by atoms with Crippen LogP contribution in [0.25, 0.3) is 0 Å². The van der Waals surface area contributed by atoms with Gasteiger partial charge in [-0.25, -0.2) is 0 Å². The van der Waals surface area contributed by atoms with Crippen LogP contribution in [-0.4, -0.2) is 26.4 Å². The van der Waals surface area contributed by atoms with Gasteiger partial charge in [0.2, 0.25) is 0 Å². The first-order valence-corrected chi connectivity index (χ1v) is 4.97. The molecule has 0 fully saturated rings. The number of benzene rings is 1. The molecule has 2 rings (SSSR count). The van der Waals surface area contributed by atoms with Gasteiger partial charge < -0.3 is 9.47 Å².